The first-order valence-electron chi connectivity index (χ1n) is 6.61. The zero-order valence-corrected chi connectivity index (χ0v) is 15.6. The van der Waals surface area contributed by atoms with Crippen molar-refractivity contribution in [2.24, 2.45) is 0 Å². The molecule has 2 rings (SSSR count). The van der Waals surface area contributed by atoms with E-state index >= 15 is 0 Å². The SMILES string of the molecule is O=S(=O)(NCCCOc1ccccc1)c1cc(Br)ccc1Br. The van der Waals surface area contributed by atoms with Gasteiger partial charge in [0.2, 0.25) is 10.0 Å². The van der Waals surface area contributed by atoms with Gasteiger partial charge in [-0.2, -0.15) is 0 Å². The minimum atomic E-state index is -3.54. The van der Waals surface area contributed by atoms with E-state index in [0.29, 0.717) is 28.5 Å². The molecule has 0 spiro atoms. The number of rotatable bonds is 7. The lowest BCUT2D eigenvalue weighted by atomic mass is 10.3. The van der Waals surface area contributed by atoms with Crippen molar-refractivity contribution in [3.05, 3.63) is 57.5 Å². The highest BCUT2D eigenvalue weighted by Crippen LogP contribution is 2.25. The maximum absolute atomic E-state index is 12.2. The van der Waals surface area contributed by atoms with E-state index in [9.17, 15) is 8.42 Å². The number of ether oxygens (including phenoxy) is 1. The van der Waals surface area contributed by atoms with Gasteiger partial charge in [0.15, 0.2) is 0 Å². The van der Waals surface area contributed by atoms with E-state index in [1.54, 1.807) is 18.2 Å². The smallest absolute Gasteiger partial charge is 0.241 e. The monoisotopic (exact) mass is 447 g/mol. The molecular weight excluding hydrogens is 434 g/mol. The van der Waals surface area contributed by atoms with Crippen molar-refractivity contribution >= 4 is 41.9 Å². The van der Waals surface area contributed by atoms with Crippen LogP contribution < -0.4 is 9.46 Å². The Morgan fingerprint density at radius 2 is 1.77 bits per heavy atom. The Morgan fingerprint density at radius 1 is 1.05 bits per heavy atom. The number of nitrogens with one attached hydrogen (secondary N) is 1. The van der Waals surface area contributed by atoms with E-state index in [1.165, 1.54) is 0 Å². The lowest BCUT2D eigenvalue weighted by Crippen LogP contribution is -2.26. The summed E-state index contributed by atoms with van der Waals surface area (Å²) < 4.78 is 33.8. The second-order valence-electron chi connectivity index (χ2n) is 4.49. The van der Waals surface area contributed by atoms with Crippen LogP contribution in [0.1, 0.15) is 6.42 Å². The van der Waals surface area contributed by atoms with Gasteiger partial charge in [-0.05, 0) is 52.7 Å². The van der Waals surface area contributed by atoms with Crippen LogP contribution in [0.5, 0.6) is 5.75 Å². The third-order valence-electron chi connectivity index (χ3n) is 2.81. The summed E-state index contributed by atoms with van der Waals surface area (Å²) >= 11 is 6.53. The predicted molar refractivity (Wildman–Crippen MR) is 93.6 cm³/mol. The Hall–Kier alpha value is -0.890. The molecule has 0 amide bonds. The van der Waals surface area contributed by atoms with Crippen LogP contribution in [0.25, 0.3) is 0 Å². The van der Waals surface area contributed by atoms with Crippen molar-refractivity contribution in [3.8, 4) is 5.75 Å². The molecule has 0 aromatic heterocycles. The van der Waals surface area contributed by atoms with E-state index in [-0.39, 0.29) is 4.90 Å². The van der Waals surface area contributed by atoms with Crippen molar-refractivity contribution in [1.82, 2.24) is 4.72 Å². The number of hydrogen-bond donors (Lipinski definition) is 1. The second kappa shape index (κ2) is 8.10. The molecular formula is C15H15Br2NO3S. The molecule has 0 aliphatic heterocycles. The molecule has 0 aliphatic rings. The minimum Gasteiger partial charge on any atom is -0.494 e. The highest BCUT2D eigenvalue weighted by molar-refractivity contribution is 9.11. The van der Waals surface area contributed by atoms with Gasteiger partial charge in [-0.1, -0.05) is 34.1 Å². The average molecular weight is 449 g/mol. The molecule has 0 radical (unpaired) electrons. The minimum absolute atomic E-state index is 0.214. The predicted octanol–water partition coefficient (Wildman–Crippen LogP) is 3.96. The molecule has 0 saturated heterocycles. The highest BCUT2D eigenvalue weighted by atomic mass is 79.9. The summed E-state index contributed by atoms with van der Waals surface area (Å²) in [4.78, 5) is 0.214. The molecule has 0 heterocycles. The Balaban J connectivity index is 1.84. The van der Waals surface area contributed by atoms with Crippen LogP contribution in [-0.4, -0.2) is 21.6 Å². The van der Waals surface area contributed by atoms with Gasteiger partial charge < -0.3 is 4.74 Å². The fourth-order valence-corrected chi connectivity index (χ4v) is 4.32. The van der Waals surface area contributed by atoms with E-state index in [1.807, 2.05) is 30.3 Å². The molecule has 22 heavy (non-hydrogen) atoms. The highest BCUT2D eigenvalue weighted by Gasteiger charge is 2.17. The quantitative estimate of drug-likeness (QED) is 0.652. The zero-order valence-electron chi connectivity index (χ0n) is 11.6. The number of sulfonamides is 1. The molecule has 0 bridgehead atoms. The van der Waals surface area contributed by atoms with Gasteiger partial charge in [-0.15, -0.1) is 0 Å². The molecule has 1 N–H and O–H groups in total. The lowest BCUT2D eigenvalue weighted by Gasteiger charge is -2.09. The van der Waals surface area contributed by atoms with Crippen molar-refractivity contribution in [2.75, 3.05) is 13.2 Å². The first-order chi connectivity index (χ1) is 10.5. The third-order valence-corrected chi connectivity index (χ3v) is 5.76. The Kier molecular flexibility index (Phi) is 6.43. The second-order valence-corrected chi connectivity index (χ2v) is 7.99. The Labute approximate surface area is 147 Å². The summed E-state index contributed by atoms with van der Waals surface area (Å²) in [7, 11) is -3.54. The van der Waals surface area contributed by atoms with Crippen LogP contribution >= 0.6 is 31.9 Å². The van der Waals surface area contributed by atoms with Crippen molar-refractivity contribution in [3.63, 3.8) is 0 Å². The van der Waals surface area contributed by atoms with Crippen LogP contribution in [-0.2, 0) is 10.0 Å². The average Bonchev–Trinajstić information content (AvgIpc) is 2.50. The van der Waals surface area contributed by atoms with Crippen LogP contribution in [0.2, 0.25) is 0 Å². The molecule has 2 aromatic rings. The number of benzene rings is 2. The van der Waals surface area contributed by atoms with E-state index in [4.69, 9.17) is 4.74 Å². The standard InChI is InChI=1S/C15H15Br2NO3S/c16-12-7-8-14(17)15(11-12)22(19,20)18-9-4-10-21-13-5-2-1-3-6-13/h1-3,5-8,11,18H,4,9-10H2. The van der Waals surface area contributed by atoms with Crippen LogP contribution in [0.4, 0.5) is 0 Å². The van der Waals surface area contributed by atoms with Gasteiger partial charge in [0.1, 0.15) is 5.75 Å². The van der Waals surface area contributed by atoms with Gasteiger partial charge in [0.25, 0.3) is 0 Å². The number of halogens is 2. The van der Waals surface area contributed by atoms with Crippen molar-refractivity contribution in [1.29, 1.82) is 0 Å². The Bertz CT molecular complexity index is 721. The summed E-state index contributed by atoms with van der Waals surface area (Å²) in [5, 5.41) is 0. The summed E-state index contributed by atoms with van der Waals surface area (Å²) in [5.74, 6) is 0.778. The largest absolute Gasteiger partial charge is 0.494 e. The number of para-hydroxylation sites is 1. The molecule has 0 atom stereocenters. The van der Waals surface area contributed by atoms with Gasteiger partial charge in [-0.3, -0.25) is 0 Å². The molecule has 0 aliphatic carbocycles. The zero-order chi connectivity index (χ0) is 16.0. The topological polar surface area (TPSA) is 55.4 Å². The van der Waals surface area contributed by atoms with Gasteiger partial charge >= 0.3 is 0 Å². The van der Waals surface area contributed by atoms with E-state index < -0.39 is 10.0 Å². The summed E-state index contributed by atoms with van der Waals surface area (Å²) in [6, 6.07) is 14.5. The van der Waals surface area contributed by atoms with Gasteiger partial charge in [0, 0.05) is 15.5 Å². The first-order valence-corrected chi connectivity index (χ1v) is 9.68. The fraction of sp³-hybridized carbons (Fsp3) is 0.200. The van der Waals surface area contributed by atoms with E-state index in [2.05, 4.69) is 36.6 Å². The maximum atomic E-state index is 12.2. The molecule has 4 nitrogen and oxygen atoms in total. The molecule has 2 aromatic carbocycles. The first kappa shape index (κ1) is 17.5. The Morgan fingerprint density at radius 3 is 2.50 bits per heavy atom. The van der Waals surface area contributed by atoms with Crippen LogP contribution in [0.3, 0.4) is 0 Å². The lowest BCUT2D eigenvalue weighted by molar-refractivity contribution is 0.311. The molecule has 0 fully saturated rings. The molecule has 0 saturated carbocycles. The van der Waals surface area contributed by atoms with Crippen LogP contribution in [0, 0.1) is 0 Å². The molecule has 7 heteroatoms. The summed E-state index contributed by atoms with van der Waals surface area (Å²) in [6.45, 7) is 0.764. The number of hydrogen-bond acceptors (Lipinski definition) is 3. The van der Waals surface area contributed by atoms with Crippen molar-refractivity contribution < 1.29 is 13.2 Å². The van der Waals surface area contributed by atoms with Crippen LogP contribution in [0.15, 0.2) is 62.4 Å². The third kappa shape index (κ3) is 5.08. The van der Waals surface area contributed by atoms with Gasteiger partial charge in [-0.25, -0.2) is 13.1 Å². The van der Waals surface area contributed by atoms with Crippen molar-refractivity contribution in [2.45, 2.75) is 11.3 Å². The normalized spacial score (nSPS) is 11.4. The summed E-state index contributed by atoms with van der Waals surface area (Å²) in [6.07, 6.45) is 0.583. The van der Waals surface area contributed by atoms with Gasteiger partial charge in [0.05, 0.1) is 11.5 Å². The van der Waals surface area contributed by atoms with E-state index in [0.717, 1.165) is 5.75 Å². The molecule has 0 unspecified atom stereocenters. The maximum Gasteiger partial charge on any atom is 0.241 e. The summed E-state index contributed by atoms with van der Waals surface area (Å²) in [5.41, 5.74) is 0. The molecule has 118 valence electrons. The fourth-order valence-electron chi connectivity index (χ4n) is 1.75.